The molecule has 0 aliphatic carbocycles. The molecule has 0 spiro atoms. The number of Topliss-reactive ketones (excluding diaryl/α,β-unsaturated/α-hetero) is 1. The fourth-order valence-electron chi connectivity index (χ4n) is 1.32. The Morgan fingerprint density at radius 2 is 1.85 bits per heavy atom. The molecule has 70 valence electrons. The maximum atomic E-state index is 11.6. The van der Waals surface area contributed by atoms with Crippen molar-refractivity contribution in [3.63, 3.8) is 0 Å². The van der Waals surface area contributed by atoms with Crippen molar-refractivity contribution in [2.24, 2.45) is 5.73 Å². The van der Waals surface area contributed by atoms with E-state index in [1.54, 1.807) is 19.3 Å². The standard InChI is InChI=1S/C10H14N2O/c1-6-4-12-5-7(2)9(6)10(13)8(3)11/h4-5,8H,11H2,1-3H3. The molecule has 13 heavy (non-hydrogen) atoms. The van der Waals surface area contributed by atoms with Gasteiger partial charge in [0.2, 0.25) is 0 Å². The zero-order chi connectivity index (χ0) is 10.0. The Bertz CT molecular complexity index is 311. The van der Waals surface area contributed by atoms with E-state index in [-0.39, 0.29) is 5.78 Å². The van der Waals surface area contributed by atoms with E-state index in [0.717, 1.165) is 11.1 Å². The van der Waals surface area contributed by atoms with Gasteiger partial charge in [-0.2, -0.15) is 0 Å². The van der Waals surface area contributed by atoms with E-state index in [1.165, 1.54) is 0 Å². The largest absolute Gasteiger partial charge is 0.321 e. The van der Waals surface area contributed by atoms with Crippen LogP contribution < -0.4 is 5.73 Å². The van der Waals surface area contributed by atoms with Crippen LogP contribution in [0.2, 0.25) is 0 Å². The molecule has 0 bridgehead atoms. The predicted octanol–water partition coefficient (Wildman–Crippen LogP) is 1.23. The molecule has 0 amide bonds. The molecular weight excluding hydrogens is 164 g/mol. The minimum atomic E-state index is -0.445. The molecule has 0 saturated heterocycles. The van der Waals surface area contributed by atoms with Gasteiger partial charge in [-0.25, -0.2) is 0 Å². The van der Waals surface area contributed by atoms with Gasteiger partial charge in [-0.15, -0.1) is 0 Å². The van der Waals surface area contributed by atoms with Gasteiger partial charge >= 0.3 is 0 Å². The van der Waals surface area contributed by atoms with Gasteiger partial charge < -0.3 is 5.73 Å². The van der Waals surface area contributed by atoms with Crippen LogP contribution in [-0.4, -0.2) is 16.8 Å². The van der Waals surface area contributed by atoms with Crippen LogP contribution in [0.4, 0.5) is 0 Å². The summed E-state index contributed by atoms with van der Waals surface area (Å²) in [5.74, 6) is -0.0163. The first kappa shape index (κ1) is 9.86. The molecule has 1 aromatic heterocycles. The molecule has 1 aromatic rings. The maximum Gasteiger partial charge on any atom is 0.179 e. The number of nitrogens with two attached hydrogens (primary N) is 1. The number of hydrogen-bond donors (Lipinski definition) is 1. The first-order valence-corrected chi connectivity index (χ1v) is 4.25. The number of pyridine rings is 1. The van der Waals surface area contributed by atoms with Crippen LogP contribution in [0.3, 0.4) is 0 Å². The quantitative estimate of drug-likeness (QED) is 0.693. The van der Waals surface area contributed by atoms with Gasteiger partial charge in [0.05, 0.1) is 6.04 Å². The molecule has 0 radical (unpaired) electrons. The Morgan fingerprint density at radius 1 is 1.38 bits per heavy atom. The lowest BCUT2D eigenvalue weighted by atomic mass is 9.99. The van der Waals surface area contributed by atoms with Crippen LogP contribution in [-0.2, 0) is 0 Å². The Kier molecular flexibility index (Phi) is 2.78. The second kappa shape index (κ2) is 3.66. The number of hydrogen-bond acceptors (Lipinski definition) is 3. The van der Waals surface area contributed by atoms with Crippen LogP contribution in [0.25, 0.3) is 0 Å². The summed E-state index contributed by atoms with van der Waals surface area (Å²) in [4.78, 5) is 15.6. The van der Waals surface area contributed by atoms with Crippen molar-refractivity contribution in [1.29, 1.82) is 0 Å². The lowest BCUT2D eigenvalue weighted by Gasteiger charge is -2.09. The topological polar surface area (TPSA) is 56.0 Å². The molecule has 3 nitrogen and oxygen atoms in total. The maximum absolute atomic E-state index is 11.6. The molecule has 2 N–H and O–H groups in total. The second-order valence-electron chi connectivity index (χ2n) is 3.30. The fraction of sp³-hybridized carbons (Fsp3) is 0.400. The molecule has 1 rings (SSSR count). The summed E-state index contributed by atoms with van der Waals surface area (Å²) in [7, 11) is 0. The molecule has 1 heterocycles. The van der Waals surface area contributed by atoms with Crippen LogP contribution in [0, 0.1) is 13.8 Å². The summed E-state index contributed by atoms with van der Waals surface area (Å²) in [5, 5.41) is 0. The van der Waals surface area contributed by atoms with Crippen molar-refractivity contribution in [3.05, 3.63) is 29.1 Å². The number of rotatable bonds is 2. The highest BCUT2D eigenvalue weighted by Crippen LogP contribution is 2.13. The Hall–Kier alpha value is -1.22. The van der Waals surface area contributed by atoms with Crippen LogP contribution in [0.5, 0.6) is 0 Å². The molecule has 1 unspecified atom stereocenters. The van der Waals surface area contributed by atoms with Gasteiger partial charge in [-0.1, -0.05) is 0 Å². The van der Waals surface area contributed by atoms with Gasteiger partial charge in [-0.05, 0) is 31.9 Å². The van der Waals surface area contributed by atoms with Gasteiger partial charge in [0.15, 0.2) is 5.78 Å². The molecule has 0 aromatic carbocycles. The van der Waals surface area contributed by atoms with Gasteiger partial charge in [0, 0.05) is 18.0 Å². The summed E-state index contributed by atoms with van der Waals surface area (Å²) >= 11 is 0. The van der Waals surface area contributed by atoms with Crippen molar-refractivity contribution >= 4 is 5.78 Å². The van der Waals surface area contributed by atoms with Gasteiger partial charge in [-0.3, -0.25) is 9.78 Å². The summed E-state index contributed by atoms with van der Waals surface area (Å²) < 4.78 is 0. The highest BCUT2D eigenvalue weighted by molar-refractivity contribution is 6.01. The third-order valence-corrected chi connectivity index (χ3v) is 1.99. The van der Waals surface area contributed by atoms with Crippen molar-refractivity contribution in [3.8, 4) is 0 Å². The van der Waals surface area contributed by atoms with Crippen LogP contribution in [0.1, 0.15) is 28.4 Å². The normalized spacial score (nSPS) is 12.6. The lowest BCUT2D eigenvalue weighted by Crippen LogP contribution is -2.28. The highest BCUT2D eigenvalue weighted by atomic mass is 16.1. The predicted molar refractivity (Wildman–Crippen MR) is 51.7 cm³/mol. The average molecular weight is 178 g/mol. The monoisotopic (exact) mass is 178 g/mol. The molecule has 0 aliphatic heterocycles. The number of carbonyl (C=O) groups is 1. The molecule has 3 heteroatoms. The van der Waals surface area contributed by atoms with E-state index in [1.807, 2.05) is 13.8 Å². The number of aryl methyl sites for hydroxylation is 2. The third kappa shape index (κ3) is 1.92. The summed E-state index contributed by atoms with van der Waals surface area (Å²) in [6.45, 7) is 5.44. The Labute approximate surface area is 78.0 Å². The minimum absolute atomic E-state index is 0.0163. The minimum Gasteiger partial charge on any atom is -0.321 e. The Balaban J connectivity index is 3.20. The van der Waals surface area contributed by atoms with E-state index in [0.29, 0.717) is 5.56 Å². The zero-order valence-corrected chi connectivity index (χ0v) is 8.16. The average Bonchev–Trinajstić information content (AvgIpc) is 2.03. The molecule has 0 saturated carbocycles. The number of carbonyl (C=O) groups excluding carboxylic acids is 1. The first-order valence-electron chi connectivity index (χ1n) is 4.25. The van der Waals surface area contributed by atoms with E-state index < -0.39 is 6.04 Å². The number of aromatic nitrogens is 1. The van der Waals surface area contributed by atoms with Crippen molar-refractivity contribution < 1.29 is 4.79 Å². The van der Waals surface area contributed by atoms with E-state index in [9.17, 15) is 4.79 Å². The highest BCUT2D eigenvalue weighted by Gasteiger charge is 2.15. The molecule has 0 aliphatic rings. The second-order valence-corrected chi connectivity index (χ2v) is 3.30. The van der Waals surface area contributed by atoms with E-state index in [2.05, 4.69) is 4.98 Å². The van der Waals surface area contributed by atoms with Crippen molar-refractivity contribution in [2.45, 2.75) is 26.8 Å². The SMILES string of the molecule is Cc1cncc(C)c1C(=O)C(C)N. The van der Waals surface area contributed by atoms with Crippen molar-refractivity contribution in [2.75, 3.05) is 0 Å². The number of nitrogens with zero attached hydrogens (tertiary/aromatic N) is 1. The summed E-state index contributed by atoms with van der Waals surface area (Å²) in [6, 6.07) is -0.445. The molecule has 1 atom stereocenters. The lowest BCUT2D eigenvalue weighted by molar-refractivity contribution is 0.0966. The number of ketones is 1. The van der Waals surface area contributed by atoms with Crippen molar-refractivity contribution in [1.82, 2.24) is 4.98 Å². The van der Waals surface area contributed by atoms with E-state index in [4.69, 9.17) is 5.73 Å². The zero-order valence-electron chi connectivity index (χ0n) is 8.16. The van der Waals surface area contributed by atoms with E-state index >= 15 is 0 Å². The smallest absolute Gasteiger partial charge is 0.179 e. The van der Waals surface area contributed by atoms with Crippen LogP contribution >= 0.6 is 0 Å². The first-order chi connectivity index (χ1) is 6.04. The summed E-state index contributed by atoms with van der Waals surface area (Å²) in [6.07, 6.45) is 3.37. The van der Waals surface area contributed by atoms with Gasteiger partial charge in [0.1, 0.15) is 0 Å². The third-order valence-electron chi connectivity index (χ3n) is 1.99. The molecular formula is C10H14N2O. The Morgan fingerprint density at radius 3 is 2.23 bits per heavy atom. The fourth-order valence-corrected chi connectivity index (χ4v) is 1.32. The molecule has 0 fully saturated rings. The van der Waals surface area contributed by atoms with Crippen LogP contribution in [0.15, 0.2) is 12.4 Å². The summed E-state index contributed by atoms with van der Waals surface area (Å²) in [5.41, 5.74) is 8.03. The van der Waals surface area contributed by atoms with Gasteiger partial charge in [0.25, 0.3) is 0 Å².